The molecule has 0 fully saturated rings. The summed E-state index contributed by atoms with van der Waals surface area (Å²) >= 11 is 0. The molecule has 3 aromatic rings. The summed E-state index contributed by atoms with van der Waals surface area (Å²) in [6.07, 6.45) is 0. The van der Waals surface area contributed by atoms with Crippen LogP contribution in [0, 0.1) is 0 Å². The molecule has 0 aliphatic carbocycles. The van der Waals surface area contributed by atoms with E-state index in [0.29, 0.717) is 40.3 Å². The number of hydrogen-bond acceptors (Lipinski definition) is 7. The van der Waals surface area contributed by atoms with Crippen LogP contribution in [-0.2, 0) is 4.79 Å². The molecule has 4 rings (SSSR count). The lowest BCUT2D eigenvalue weighted by Crippen LogP contribution is -2.31. The first-order chi connectivity index (χ1) is 15.0. The van der Waals surface area contributed by atoms with E-state index in [9.17, 15) is 4.79 Å². The standard InChI is InChI=1S/C22H23N5O4/c1-12-18(20(23)28)19(13-9-10-16(30-3)17(11-13)31-4)27-22(24-12)25-21(26-27)14-7-5-6-8-15(14)29-2/h5-11,19H,1-4H3,(H2,23,28)(H,24,25,26). The Hall–Kier alpha value is -4.01. The van der Waals surface area contributed by atoms with Gasteiger partial charge in [0.15, 0.2) is 17.3 Å². The van der Waals surface area contributed by atoms with Crippen LogP contribution < -0.4 is 25.3 Å². The molecule has 160 valence electrons. The Morgan fingerprint density at radius 3 is 2.42 bits per heavy atom. The number of anilines is 1. The van der Waals surface area contributed by atoms with E-state index in [1.54, 1.807) is 45.1 Å². The molecule has 1 unspecified atom stereocenters. The van der Waals surface area contributed by atoms with Crippen molar-refractivity contribution >= 4 is 11.9 Å². The zero-order valence-electron chi connectivity index (χ0n) is 17.7. The molecule has 31 heavy (non-hydrogen) atoms. The second-order valence-corrected chi connectivity index (χ2v) is 6.95. The van der Waals surface area contributed by atoms with E-state index < -0.39 is 11.9 Å². The summed E-state index contributed by atoms with van der Waals surface area (Å²) in [5.74, 6) is 2.16. The first kappa shape index (κ1) is 20.3. The van der Waals surface area contributed by atoms with Crippen molar-refractivity contribution in [2.45, 2.75) is 13.0 Å². The maximum Gasteiger partial charge on any atom is 0.248 e. The summed E-state index contributed by atoms with van der Waals surface area (Å²) in [6, 6.07) is 12.3. The molecule has 0 radical (unpaired) electrons. The van der Waals surface area contributed by atoms with Crippen molar-refractivity contribution < 1.29 is 19.0 Å². The van der Waals surface area contributed by atoms with E-state index in [0.717, 1.165) is 11.1 Å². The van der Waals surface area contributed by atoms with Gasteiger partial charge in [0.1, 0.15) is 11.8 Å². The van der Waals surface area contributed by atoms with E-state index in [-0.39, 0.29) is 0 Å². The maximum atomic E-state index is 12.4. The second kappa shape index (κ2) is 8.02. The average molecular weight is 421 g/mol. The zero-order chi connectivity index (χ0) is 22.1. The largest absolute Gasteiger partial charge is 0.496 e. The number of ether oxygens (including phenoxy) is 3. The number of benzene rings is 2. The van der Waals surface area contributed by atoms with Crippen LogP contribution in [0.3, 0.4) is 0 Å². The van der Waals surface area contributed by atoms with Crippen molar-refractivity contribution in [1.82, 2.24) is 14.8 Å². The number of para-hydroxylation sites is 1. The van der Waals surface area contributed by atoms with E-state index >= 15 is 0 Å². The minimum absolute atomic E-state index is 0.385. The maximum absolute atomic E-state index is 12.4. The molecule has 0 saturated carbocycles. The molecule has 9 nitrogen and oxygen atoms in total. The van der Waals surface area contributed by atoms with Gasteiger partial charge in [0, 0.05) is 5.70 Å². The molecule has 0 spiro atoms. The van der Waals surface area contributed by atoms with Gasteiger partial charge in [-0.15, -0.1) is 5.10 Å². The van der Waals surface area contributed by atoms with Gasteiger partial charge < -0.3 is 25.3 Å². The normalized spacial score (nSPS) is 15.2. The number of carbonyl (C=O) groups excluding carboxylic acids is 1. The predicted molar refractivity (Wildman–Crippen MR) is 115 cm³/mol. The lowest BCUT2D eigenvalue weighted by molar-refractivity contribution is -0.115. The van der Waals surface area contributed by atoms with Crippen molar-refractivity contribution in [2.24, 2.45) is 5.73 Å². The molecule has 2 aromatic carbocycles. The molecule has 1 atom stereocenters. The van der Waals surface area contributed by atoms with Gasteiger partial charge >= 0.3 is 0 Å². The Bertz CT molecular complexity index is 1180. The van der Waals surface area contributed by atoms with Crippen LogP contribution in [0.2, 0.25) is 0 Å². The molecule has 1 aromatic heterocycles. The predicted octanol–water partition coefficient (Wildman–Crippen LogP) is 2.75. The minimum Gasteiger partial charge on any atom is -0.496 e. The van der Waals surface area contributed by atoms with E-state index in [1.165, 1.54) is 0 Å². The number of carbonyl (C=O) groups is 1. The van der Waals surface area contributed by atoms with Crippen LogP contribution in [0.25, 0.3) is 11.4 Å². The van der Waals surface area contributed by atoms with Crippen molar-refractivity contribution in [1.29, 1.82) is 0 Å². The second-order valence-electron chi connectivity index (χ2n) is 6.95. The number of aromatic nitrogens is 3. The van der Waals surface area contributed by atoms with Crippen LogP contribution in [-0.4, -0.2) is 42.0 Å². The summed E-state index contributed by atoms with van der Waals surface area (Å²) in [6.45, 7) is 1.79. The highest BCUT2D eigenvalue weighted by molar-refractivity contribution is 5.95. The number of hydrogen-bond donors (Lipinski definition) is 2. The quantitative estimate of drug-likeness (QED) is 0.629. The number of primary amides is 1. The fourth-order valence-electron chi connectivity index (χ4n) is 3.74. The summed E-state index contributed by atoms with van der Waals surface area (Å²) in [7, 11) is 4.72. The number of allylic oxidation sites excluding steroid dienone is 1. The van der Waals surface area contributed by atoms with Crippen LogP contribution in [0.1, 0.15) is 18.5 Å². The van der Waals surface area contributed by atoms with Gasteiger partial charge in [-0.3, -0.25) is 4.79 Å². The van der Waals surface area contributed by atoms with E-state index in [2.05, 4.69) is 10.3 Å². The van der Waals surface area contributed by atoms with Gasteiger partial charge in [-0.05, 0) is 36.8 Å². The molecule has 1 amide bonds. The molecular formula is C22H23N5O4. The third-order valence-electron chi connectivity index (χ3n) is 5.19. The number of nitrogens with two attached hydrogens (primary N) is 1. The van der Waals surface area contributed by atoms with Gasteiger partial charge in [-0.2, -0.15) is 4.98 Å². The lowest BCUT2D eigenvalue weighted by atomic mass is 9.95. The van der Waals surface area contributed by atoms with E-state index in [4.69, 9.17) is 25.0 Å². The lowest BCUT2D eigenvalue weighted by Gasteiger charge is -2.28. The van der Waals surface area contributed by atoms with Gasteiger partial charge in [0.25, 0.3) is 0 Å². The Morgan fingerprint density at radius 2 is 1.74 bits per heavy atom. The monoisotopic (exact) mass is 421 g/mol. The Labute approximate surface area is 179 Å². The SMILES string of the molecule is COc1ccc(C2C(C(N)=O)=C(C)Nc3nc(-c4ccccc4OC)nn32)cc1OC. The molecule has 0 bridgehead atoms. The first-order valence-corrected chi connectivity index (χ1v) is 9.58. The van der Waals surface area contributed by atoms with Gasteiger partial charge in [-0.25, -0.2) is 4.68 Å². The fourth-order valence-corrected chi connectivity index (χ4v) is 3.74. The summed E-state index contributed by atoms with van der Waals surface area (Å²) < 4.78 is 17.9. The van der Waals surface area contributed by atoms with Gasteiger partial charge in [0.05, 0.1) is 32.5 Å². The van der Waals surface area contributed by atoms with Crippen LogP contribution in [0.5, 0.6) is 17.2 Å². The van der Waals surface area contributed by atoms with Crippen molar-refractivity contribution in [3.8, 4) is 28.6 Å². The number of nitrogens with one attached hydrogen (secondary N) is 1. The van der Waals surface area contributed by atoms with Crippen LogP contribution in [0.15, 0.2) is 53.7 Å². The third kappa shape index (κ3) is 3.43. The van der Waals surface area contributed by atoms with Crippen molar-refractivity contribution in [3.05, 3.63) is 59.3 Å². The molecule has 3 N–H and O–H groups in total. The minimum atomic E-state index is -0.593. The Kier molecular flexibility index (Phi) is 5.24. The first-order valence-electron chi connectivity index (χ1n) is 9.58. The topological polar surface area (TPSA) is 114 Å². The van der Waals surface area contributed by atoms with Crippen molar-refractivity contribution in [3.63, 3.8) is 0 Å². The zero-order valence-corrected chi connectivity index (χ0v) is 17.7. The highest BCUT2D eigenvalue weighted by Crippen LogP contribution is 2.39. The summed E-state index contributed by atoms with van der Waals surface area (Å²) in [4.78, 5) is 17.0. The molecule has 1 aliphatic rings. The molecular weight excluding hydrogens is 398 g/mol. The molecule has 9 heteroatoms. The number of amides is 1. The highest BCUT2D eigenvalue weighted by Gasteiger charge is 2.34. The molecule has 1 aliphatic heterocycles. The number of methoxy groups -OCH3 is 3. The molecule has 2 heterocycles. The van der Waals surface area contributed by atoms with Crippen LogP contribution >= 0.6 is 0 Å². The number of rotatable bonds is 6. The summed E-state index contributed by atoms with van der Waals surface area (Å²) in [5, 5.41) is 7.84. The Morgan fingerprint density at radius 1 is 1.03 bits per heavy atom. The molecule has 0 saturated heterocycles. The smallest absolute Gasteiger partial charge is 0.248 e. The Balaban J connectivity index is 1.90. The van der Waals surface area contributed by atoms with Gasteiger partial charge in [0.2, 0.25) is 11.9 Å². The summed E-state index contributed by atoms with van der Waals surface area (Å²) in [5.41, 5.74) is 8.24. The fraction of sp³-hybridized carbons (Fsp3) is 0.227. The van der Waals surface area contributed by atoms with Crippen LogP contribution in [0.4, 0.5) is 5.95 Å². The number of nitrogens with zero attached hydrogens (tertiary/aromatic N) is 3. The average Bonchev–Trinajstić information content (AvgIpc) is 3.20. The van der Waals surface area contributed by atoms with Gasteiger partial charge in [-0.1, -0.05) is 18.2 Å². The highest BCUT2D eigenvalue weighted by atomic mass is 16.5. The van der Waals surface area contributed by atoms with E-state index in [1.807, 2.05) is 30.3 Å². The van der Waals surface area contributed by atoms with Crippen molar-refractivity contribution in [2.75, 3.05) is 26.6 Å². The number of fused-ring (bicyclic) bond motifs is 1. The third-order valence-corrected chi connectivity index (χ3v) is 5.19.